The zero-order valence-corrected chi connectivity index (χ0v) is 18.0. The highest BCUT2D eigenvalue weighted by molar-refractivity contribution is 7.66. The van der Waals surface area contributed by atoms with E-state index < -0.39 is 60.6 Å². The van der Waals surface area contributed by atoms with Gasteiger partial charge >= 0.3 is 29.2 Å². The SMILES string of the molecule is C[C@H](O)[C@@](F)(COP(=O)(O)OP(=O)(O)OP(=O)(O)O)O[C@H](CF)n1ccc(N)nc1=O. The number of nitrogens with zero attached hydrogens (tertiary/aromatic N) is 2. The molecule has 0 spiro atoms. The predicted octanol–water partition coefficient (Wildman–Crippen LogP) is -0.300. The van der Waals surface area contributed by atoms with E-state index in [-0.39, 0.29) is 5.82 Å². The minimum atomic E-state index is -5.89. The van der Waals surface area contributed by atoms with Gasteiger partial charge in [-0.25, -0.2) is 27.3 Å². The van der Waals surface area contributed by atoms with Crippen molar-refractivity contribution in [3.63, 3.8) is 0 Å². The van der Waals surface area contributed by atoms with Crippen LogP contribution >= 0.6 is 23.5 Å². The molecule has 0 aromatic carbocycles. The first-order valence-electron chi connectivity index (χ1n) is 7.63. The monoisotopic (exact) mass is 519 g/mol. The number of rotatable bonds is 12. The fourth-order valence-corrected chi connectivity index (χ4v) is 4.79. The van der Waals surface area contributed by atoms with Gasteiger partial charge in [-0.1, -0.05) is 0 Å². The number of nitrogens with two attached hydrogens (primary N) is 1. The van der Waals surface area contributed by atoms with E-state index in [4.69, 9.17) is 20.4 Å². The highest BCUT2D eigenvalue weighted by Gasteiger charge is 2.46. The molecule has 0 saturated heterocycles. The number of aliphatic hydroxyl groups excluding tert-OH is 1. The van der Waals surface area contributed by atoms with Crippen molar-refractivity contribution in [2.45, 2.75) is 25.1 Å². The summed E-state index contributed by atoms with van der Waals surface area (Å²) < 4.78 is 77.8. The van der Waals surface area contributed by atoms with Crippen LogP contribution in [0.3, 0.4) is 0 Å². The number of phosphoric acid groups is 3. The maximum Gasteiger partial charge on any atom is 0.490 e. The third-order valence-electron chi connectivity index (χ3n) is 3.09. The van der Waals surface area contributed by atoms with Gasteiger partial charge in [-0.2, -0.15) is 13.6 Å². The normalized spacial score (nSPS) is 20.3. The summed E-state index contributed by atoms with van der Waals surface area (Å²) in [6.45, 7) is -2.60. The van der Waals surface area contributed by atoms with Gasteiger partial charge in [0.2, 0.25) is 0 Å². The average molecular weight is 519 g/mol. The van der Waals surface area contributed by atoms with E-state index in [0.29, 0.717) is 4.57 Å². The van der Waals surface area contributed by atoms with Crippen LogP contribution in [0.4, 0.5) is 14.6 Å². The second kappa shape index (κ2) is 10.2. The average Bonchev–Trinajstić information content (AvgIpc) is 2.55. The van der Waals surface area contributed by atoms with E-state index in [2.05, 4.69) is 22.9 Å². The van der Waals surface area contributed by atoms with Crippen LogP contribution in [0.2, 0.25) is 0 Å². The minimum Gasteiger partial charge on any atom is -0.387 e. The summed E-state index contributed by atoms with van der Waals surface area (Å²) in [6, 6.07) is 1.03. The van der Waals surface area contributed by atoms with Gasteiger partial charge in [0.25, 0.3) is 5.85 Å². The first-order valence-corrected chi connectivity index (χ1v) is 12.2. The zero-order chi connectivity index (χ0) is 24.3. The maximum absolute atomic E-state index is 15.0. The van der Waals surface area contributed by atoms with Gasteiger partial charge in [-0.3, -0.25) is 9.09 Å². The van der Waals surface area contributed by atoms with Crippen molar-refractivity contribution in [1.29, 1.82) is 0 Å². The molecule has 0 aliphatic rings. The van der Waals surface area contributed by atoms with Crippen LogP contribution in [0.1, 0.15) is 13.2 Å². The molecule has 1 heterocycles. The third-order valence-corrected chi connectivity index (χ3v) is 6.87. The van der Waals surface area contributed by atoms with Gasteiger partial charge in [-0.15, -0.1) is 0 Å². The molecule has 2 unspecified atom stereocenters. The van der Waals surface area contributed by atoms with E-state index >= 15 is 0 Å². The summed E-state index contributed by atoms with van der Waals surface area (Å²) in [4.78, 5) is 50.3. The molecular weight excluding hydrogens is 501 g/mol. The molecule has 0 aliphatic heterocycles. The van der Waals surface area contributed by atoms with Crippen molar-refractivity contribution < 1.29 is 65.0 Å². The number of ether oxygens (including phenoxy) is 1. The number of nitrogen functional groups attached to an aromatic ring is 1. The summed E-state index contributed by atoms with van der Waals surface area (Å²) in [5.41, 5.74) is 4.08. The molecule has 0 radical (unpaired) electrons. The highest BCUT2D eigenvalue weighted by atomic mass is 31.3. The Balaban J connectivity index is 3.01. The van der Waals surface area contributed by atoms with Crippen molar-refractivity contribution in [2.75, 3.05) is 19.0 Å². The fraction of sp³-hybridized carbons (Fsp3) is 0.600. The number of alkyl halides is 2. The largest absolute Gasteiger partial charge is 0.490 e. The Kier molecular flexibility index (Phi) is 9.19. The van der Waals surface area contributed by atoms with Crippen molar-refractivity contribution in [1.82, 2.24) is 9.55 Å². The van der Waals surface area contributed by atoms with Crippen molar-refractivity contribution in [3.8, 4) is 0 Å². The van der Waals surface area contributed by atoms with Crippen LogP contribution in [0, 0.1) is 0 Å². The molecule has 0 amide bonds. The fourth-order valence-electron chi connectivity index (χ4n) is 1.76. The Hall–Kier alpha value is -1.13. The first-order chi connectivity index (χ1) is 13.9. The van der Waals surface area contributed by atoms with Gasteiger partial charge in [0.15, 0.2) is 6.23 Å². The Morgan fingerprint density at radius 1 is 1.23 bits per heavy atom. The Morgan fingerprint density at radius 2 is 1.81 bits per heavy atom. The van der Waals surface area contributed by atoms with Gasteiger partial charge < -0.3 is 35.2 Å². The lowest BCUT2D eigenvalue weighted by molar-refractivity contribution is -0.261. The topological polar surface area (TPSA) is 250 Å². The number of aliphatic hydroxyl groups is 1. The Morgan fingerprint density at radius 3 is 2.26 bits per heavy atom. The summed E-state index contributed by atoms with van der Waals surface area (Å²) >= 11 is 0. The molecule has 21 heteroatoms. The number of aromatic nitrogens is 2. The Labute approximate surface area is 171 Å². The number of halogens is 2. The lowest BCUT2D eigenvalue weighted by atomic mass is 10.2. The number of hydrogen-bond donors (Lipinski definition) is 6. The van der Waals surface area contributed by atoms with Gasteiger partial charge in [0.05, 0.1) is 0 Å². The molecule has 16 nitrogen and oxygen atoms in total. The molecule has 1 aromatic rings. The van der Waals surface area contributed by atoms with Crippen molar-refractivity contribution in [3.05, 3.63) is 22.7 Å². The predicted molar refractivity (Wildman–Crippen MR) is 94.3 cm³/mol. The lowest BCUT2D eigenvalue weighted by Gasteiger charge is -2.32. The van der Waals surface area contributed by atoms with Crippen molar-refractivity contribution in [2.24, 2.45) is 0 Å². The van der Waals surface area contributed by atoms with Crippen LogP contribution in [0.15, 0.2) is 17.1 Å². The van der Waals surface area contributed by atoms with E-state index in [1.807, 2.05) is 0 Å². The van der Waals surface area contributed by atoms with Gasteiger partial charge in [-0.05, 0) is 13.0 Å². The van der Waals surface area contributed by atoms with Crippen molar-refractivity contribution >= 4 is 29.3 Å². The molecule has 180 valence electrons. The number of anilines is 1. The lowest BCUT2D eigenvalue weighted by Crippen LogP contribution is -2.46. The van der Waals surface area contributed by atoms with E-state index in [0.717, 1.165) is 19.2 Å². The number of hydrogen-bond acceptors (Lipinski definition) is 11. The summed E-state index contributed by atoms with van der Waals surface area (Å²) in [5, 5.41) is 9.59. The van der Waals surface area contributed by atoms with E-state index in [1.54, 1.807) is 0 Å². The molecule has 0 saturated carbocycles. The molecule has 31 heavy (non-hydrogen) atoms. The van der Waals surface area contributed by atoms with Crippen LogP contribution < -0.4 is 11.4 Å². The molecule has 5 atom stereocenters. The van der Waals surface area contributed by atoms with E-state index in [9.17, 15) is 37.3 Å². The third kappa shape index (κ3) is 9.10. The van der Waals surface area contributed by atoms with Crippen LogP contribution in [-0.4, -0.2) is 59.5 Å². The molecule has 1 aromatic heterocycles. The highest BCUT2D eigenvalue weighted by Crippen LogP contribution is 2.66. The summed E-state index contributed by atoms with van der Waals surface area (Å²) in [5.74, 6) is -3.78. The van der Waals surface area contributed by atoms with E-state index in [1.165, 1.54) is 0 Å². The summed E-state index contributed by atoms with van der Waals surface area (Å²) in [6.07, 6.45) is -3.42. The van der Waals surface area contributed by atoms with Gasteiger partial charge in [0, 0.05) is 6.20 Å². The molecule has 0 aliphatic carbocycles. The second-order valence-corrected chi connectivity index (χ2v) is 10.0. The van der Waals surface area contributed by atoms with Gasteiger partial charge in [0.1, 0.15) is 25.2 Å². The molecule has 1 rings (SSSR count). The molecule has 0 fully saturated rings. The molecular formula is C10H18F2N3O13P3. The summed E-state index contributed by atoms with van der Waals surface area (Å²) in [7, 11) is -17.3. The standard InChI is InChI=1S/C10H18F2N3O13P3/c1-6(16)10(12,26-8(4-11)15-3-2-7(13)14-9(15)17)5-25-30(21,22)28-31(23,24)27-29(18,19)20/h2-3,6,8,16H,4-5H2,1H3,(H,21,22)(H,23,24)(H2,13,14,17)(H2,18,19,20)/t6-,8+,10+/m0/s1. The smallest absolute Gasteiger partial charge is 0.387 e. The second-order valence-electron chi connectivity index (χ2n) is 5.60. The zero-order valence-electron chi connectivity index (χ0n) is 15.3. The quantitative estimate of drug-likeness (QED) is 0.194. The Bertz CT molecular complexity index is 970. The first kappa shape index (κ1) is 27.9. The van der Waals surface area contributed by atoms with Crippen LogP contribution in [0.25, 0.3) is 0 Å². The number of phosphoric ester groups is 1. The maximum atomic E-state index is 15.0. The minimum absolute atomic E-state index is 0.256. The van der Waals surface area contributed by atoms with Crippen LogP contribution in [0.5, 0.6) is 0 Å². The molecule has 0 bridgehead atoms. The van der Waals surface area contributed by atoms with Crippen LogP contribution in [-0.2, 0) is 31.6 Å². The molecule has 7 N–H and O–H groups in total.